The molecule has 18 heavy (non-hydrogen) atoms. The molecule has 0 saturated heterocycles. The second-order valence-corrected chi connectivity index (χ2v) is 5.54. The molecule has 0 aliphatic rings. The Morgan fingerprint density at radius 3 is 2.83 bits per heavy atom. The number of carbonyl (C=O) groups is 1. The van der Waals surface area contributed by atoms with Crippen molar-refractivity contribution < 1.29 is 4.79 Å². The van der Waals surface area contributed by atoms with E-state index in [0.29, 0.717) is 10.8 Å². The van der Waals surface area contributed by atoms with Gasteiger partial charge in [0.05, 0.1) is 10.8 Å². The molecule has 0 bridgehead atoms. The van der Waals surface area contributed by atoms with Crippen molar-refractivity contribution >= 4 is 29.3 Å². The van der Waals surface area contributed by atoms with Gasteiger partial charge in [0.15, 0.2) is 0 Å². The predicted molar refractivity (Wildman–Crippen MR) is 78.1 cm³/mol. The molecule has 3 nitrogen and oxygen atoms in total. The first-order valence-electron chi connectivity index (χ1n) is 5.99. The van der Waals surface area contributed by atoms with Crippen LogP contribution in [0.5, 0.6) is 0 Å². The van der Waals surface area contributed by atoms with Gasteiger partial charge in [-0.05, 0) is 31.0 Å². The molecular formula is C13H19ClN2OS. The molecule has 0 saturated carbocycles. The summed E-state index contributed by atoms with van der Waals surface area (Å²) in [6.45, 7) is 4.66. The minimum absolute atomic E-state index is 0.0330. The van der Waals surface area contributed by atoms with Crippen LogP contribution in [0.2, 0.25) is 5.02 Å². The maximum atomic E-state index is 11.5. The largest absolute Gasteiger partial charge is 0.355 e. The molecule has 0 aliphatic carbocycles. The summed E-state index contributed by atoms with van der Waals surface area (Å²) >= 11 is 7.59. The van der Waals surface area contributed by atoms with Crippen LogP contribution >= 0.6 is 23.4 Å². The number of hydrogen-bond donors (Lipinski definition) is 2. The monoisotopic (exact) mass is 286 g/mol. The molecule has 1 rings (SSSR count). The Kier molecular flexibility index (Phi) is 6.54. The van der Waals surface area contributed by atoms with Crippen molar-refractivity contribution in [1.29, 1.82) is 0 Å². The summed E-state index contributed by atoms with van der Waals surface area (Å²) in [6.07, 6.45) is 0.945. The third-order valence-electron chi connectivity index (χ3n) is 2.41. The average molecular weight is 287 g/mol. The Balaban J connectivity index is 2.55. The molecule has 5 heteroatoms. The molecule has 1 aromatic rings. The van der Waals surface area contributed by atoms with Gasteiger partial charge in [-0.1, -0.05) is 24.6 Å². The van der Waals surface area contributed by atoms with E-state index >= 15 is 0 Å². The lowest BCUT2D eigenvalue weighted by Crippen LogP contribution is -2.25. The highest BCUT2D eigenvalue weighted by Gasteiger charge is 2.07. The quantitative estimate of drug-likeness (QED) is 0.791. The summed E-state index contributed by atoms with van der Waals surface area (Å²) in [5.41, 5.74) is 6.78. The number of nitrogens with one attached hydrogen (secondary N) is 1. The zero-order chi connectivity index (χ0) is 13.5. The van der Waals surface area contributed by atoms with Crippen molar-refractivity contribution in [1.82, 2.24) is 5.32 Å². The Morgan fingerprint density at radius 1 is 1.56 bits per heavy atom. The van der Waals surface area contributed by atoms with Gasteiger partial charge in [0.2, 0.25) is 5.91 Å². The molecule has 1 atom stereocenters. The van der Waals surface area contributed by atoms with Crippen LogP contribution in [0.3, 0.4) is 0 Å². The second-order valence-electron chi connectivity index (χ2n) is 4.12. The van der Waals surface area contributed by atoms with Crippen LogP contribution in [-0.4, -0.2) is 18.2 Å². The fourth-order valence-corrected chi connectivity index (χ4v) is 2.48. The molecule has 0 spiro atoms. The topological polar surface area (TPSA) is 55.1 Å². The Morgan fingerprint density at radius 2 is 2.28 bits per heavy atom. The van der Waals surface area contributed by atoms with Gasteiger partial charge in [0.25, 0.3) is 0 Å². The van der Waals surface area contributed by atoms with Gasteiger partial charge in [0.1, 0.15) is 0 Å². The number of amides is 1. The van der Waals surface area contributed by atoms with E-state index in [0.717, 1.165) is 23.4 Å². The van der Waals surface area contributed by atoms with Crippen molar-refractivity contribution in [2.75, 3.05) is 12.3 Å². The molecule has 1 aromatic carbocycles. The summed E-state index contributed by atoms with van der Waals surface area (Å²) < 4.78 is 0. The van der Waals surface area contributed by atoms with Crippen molar-refractivity contribution in [2.45, 2.75) is 31.2 Å². The highest BCUT2D eigenvalue weighted by atomic mass is 35.5. The smallest absolute Gasteiger partial charge is 0.230 e. The fourth-order valence-electron chi connectivity index (χ4n) is 1.38. The lowest BCUT2D eigenvalue weighted by Gasteiger charge is -2.09. The van der Waals surface area contributed by atoms with Gasteiger partial charge in [-0.15, -0.1) is 11.8 Å². The molecule has 3 N–H and O–H groups in total. The van der Waals surface area contributed by atoms with Crippen molar-refractivity contribution in [3.63, 3.8) is 0 Å². The van der Waals surface area contributed by atoms with Gasteiger partial charge >= 0.3 is 0 Å². The molecular weight excluding hydrogens is 268 g/mol. The van der Waals surface area contributed by atoms with Crippen LogP contribution in [0.1, 0.15) is 31.9 Å². The van der Waals surface area contributed by atoms with E-state index in [-0.39, 0.29) is 11.9 Å². The normalized spacial score (nSPS) is 12.2. The van der Waals surface area contributed by atoms with E-state index in [1.54, 1.807) is 0 Å². The Bertz CT molecular complexity index is 410. The van der Waals surface area contributed by atoms with E-state index in [2.05, 4.69) is 5.32 Å². The molecule has 0 unspecified atom stereocenters. The SMILES string of the molecule is CCCNC(=O)CSc1ccc([C@@H](C)N)cc1Cl. The highest BCUT2D eigenvalue weighted by Crippen LogP contribution is 2.29. The zero-order valence-corrected chi connectivity index (χ0v) is 12.3. The maximum Gasteiger partial charge on any atom is 0.230 e. The molecule has 0 fully saturated rings. The molecule has 0 heterocycles. The van der Waals surface area contributed by atoms with Gasteiger partial charge < -0.3 is 11.1 Å². The number of carbonyl (C=O) groups excluding carboxylic acids is 1. The van der Waals surface area contributed by atoms with Gasteiger partial charge in [-0.25, -0.2) is 0 Å². The molecule has 0 radical (unpaired) electrons. The predicted octanol–water partition coefficient (Wildman–Crippen LogP) is 2.98. The van der Waals surface area contributed by atoms with E-state index < -0.39 is 0 Å². The highest BCUT2D eigenvalue weighted by molar-refractivity contribution is 8.00. The molecule has 0 aromatic heterocycles. The van der Waals surface area contributed by atoms with Crippen LogP contribution in [0.4, 0.5) is 0 Å². The first kappa shape index (κ1) is 15.3. The minimum Gasteiger partial charge on any atom is -0.355 e. The van der Waals surface area contributed by atoms with Crippen molar-refractivity contribution in [3.05, 3.63) is 28.8 Å². The van der Waals surface area contributed by atoms with Crippen LogP contribution < -0.4 is 11.1 Å². The molecule has 0 aliphatic heterocycles. The molecule has 100 valence electrons. The van der Waals surface area contributed by atoms with Crippen LogP contribution in [0.15, 0.2) is 23.1 Å². The van der Waals surface area contributed by atoms with Gasteiger partial charge in [-0.2, -0.15) is 0 Å². The Hall–Kier alpha value is -0.710. The van der Waals surface area contributed by atoms with Crippen LogP contribution in [0.25, 0.3) is 0 Å². The second kappa shape index (κ2) is 7.67. The van der Waals surface area contributed by atoms with E-state index in [1.807, 2.05) is 32.0 Å². The van der Waals surface area contributed by atoms with Crippen molar-refractivity contribution in [2.24, 2.45) is 5.73 Å². The standard InChI is InChI=1S/C13H19ClN2OS/c1-3-6-16-13(17)8-18-12-5-4-10(9(2)15)7-11(12)14/h4-5,7,9H,3,6,8,15H2,1-2H3,(H,16,17)/t9-/m1/s1. The lowest BCUT2D eigenvalue weighted by atomic mass is 10.1. The first-order chi connectivity index (χ1) is 8.54. The van der Waals surface area contributed by atoms with Crippen molar-refractivity contribution in [3.8, 4) is 0 Å². The van der Waals surface area contributed by atoms with Gasteiger partial charge in [-0.3, -0.25) is 4.79 Å². The average Bonchev–Trinajstić information content (AvgIpc) is 2.34. The first-order valence-corrected chi connectivity index (χ1v) is 7.35. The number of nitrogens with two attached hydrogens (primary N) is 1. The maximum absolute atomic E-state index is 11.5. The number of halogens is 1. The lowest BCUT2D eigenvalue weighted by molar-refractivity contribution is -0.118. The minimum atomic E-state index is -0.0330. The van der Waals surface area contributed by atoms with E-state index in [9.17, 15) is 4.79 Å². The number of hydrogen-bond acceptors (Lipinski definition) is 3. The Labute approximate surface area is 117 Å². The summed E-state index contributed by atoms with van der Waals surface area (Å²) in [4.78, 5) is 12.4. The summed E-state index contributed by atoms with van der Waals surface area (Å²) in [5.74, 6) is 0.422. The molecule has 1 amide bonds. The third-order valence-corrected chi connectivity index (χ3v) is 3.91. The van der Waals surface area contributed by atoms with Crippen LogP contribution in [0, 0.1) is 0 Å². The number of thioether (sulfide) groups is 1. The summed E-state index contributed by atoms with van der Waals surface area (Å²) in [5, 5.41) is 3.48. The number of benzene rings is 1. The van der Waals surface area contributed by atoms with Crippen LogP contribution in [-0.2, 0) is 4.79 Å². The van der Waals surface area contributed by atoms with E-state index in [1.165, 1.54) is 11.8 Å². The fraction of sp³-hybridized carbons (Fsp3) is 0.462. The zero-order valence-electron chi connectivity index (χ0n) is 10.7. The van der Waals surface area contributed by atoms with Gasteiger partial charge in [0, 0.05) is 17.5 Å². The summed E-state index contributed by atoms with van der Waals surface area (Å²) in [7, 11) is 0. The summed E-state index contributed by atoms with van der Waals surface area (Å²) in [6, 6.07) is 5.69. The third kappa shape index (κ3) is 4.88. The number of rotatable bonds is 6. The van der Waals surface area contributed by atoms with E-state index in [4.69, 9.17) is 17.3 Å².